The van der Waals surface area contributed by atoms with Crippen LogP contribution in [0.4, 0.5) is 18.9 Å². The van der Waals surface area contributed by atoms with Gasteiger partial charge in [-0.05, 0) is 25.3 Å². The van der Waals surface area contributed by atoms with Crippen LogP contribution in [-0.4, -0.2) is 15.9 Å². The molecule has 0 fully saturated rings. The first-order chi connectivity index (χ1) is 12.9. The zero-order valence-electron chi connectivity index (χ0n) is 16.6. The van der Waals surface area contributed by atoms with Gasteiger partial charge in [-0.3, -0.25) is 4.79 Å². The van der Waals surface area contributed by atoms with E-state index in [2.05, 4.69) is 15.3 Å². The third kappa shape index (κ3) is 5.94. The molecule has 1 N–H and O–H groups in total. The smallest absolute Gasteiger partial charge is 0.416 e. The summed E-state index contributed by atoms with van der Waals surface area (Å²) in [6.07, 6.45) is -4.13. The number of benzene rings is 1. The van der Waals surface area contributed by atoms with E-state index in [0.717, 1.165) is 6.07 Å². The fourth-order valence-electron chi connectivity index (χ4n) is 2.66. The standard InChI is InChI=1S/C20H24F3N3O2/c1-12-17(26-16(27)10-19(3,4)5)13(2)25-18(24-12)28-11-14-8-6-7-9-15(14)20(21,22)23/h6-9H,10-11H2,1-5H3,(H,26,27). The quantitative estimate of drug-likeness (QED) is 0.768. The molecule has 1 amide bonds. The van der Waals surface area contributed by atoms with Crippen LogP contribution < -0.4 is 10.1 Å². The zero-order chi connectivity index (χ0) is 21.1. The maximum Gasteiger partial charge on any atom is 0.416 e. The second-order valence-corrected chi connectivity index (χ2v) is 7.78. The SMILES string of the molecule is Cc1nc(OCc2ccccc2C(F)(F)F)nc(C)c1NC(=O)CC(C)(C)C. The van der Waals surface area contributed by atoms with Gasteiger partial charge in [-0.2, -0.15) is 23.1 Å². The number of alkyl halides is 3. The molecule has 1 aromatic carbocycles. The largest absolute Gasteiger partial charge is 0.459 e. The highest BCUT2D eigenvalue weighted by Gasteiger charge is 2.33. The van der Waals surface area contributed by atoms with E-state index in [1.807, 2.05) is 20.8 Å². The van der Waals surface area contributed by atoms with Gasteiger partial charge in [0.05, 0.1) is 22.6 Å². The Balaban J connectivity index is 2.15. The summed E-state index contributed by atoms with van der Waals surface area (Å²) in [7, 11) is 0. The monoisotopic (exact) mass is 395 g/mol. The zero-order valence-corrected chi connectivity index (χ0v) is 16.6. The van der Waals surface area contributed by atoms with Crippen molar-refractivity contribution in [2.75, 3.05) is 5.32 Å². The number of aromatic nitrogens is 2. The van der Waals surface area contributed by atoms with E-state index >= 15 is 0 Å². The summed E-state index contributed by atoms with van der Waals surface area (Å²) in [5, 5.41) is 2.80. The predicted octanol–water partition coefficient (Wildman–Crippen LogP) is 5.07. The molecule has 0 spiro atoms. The number of anilines is 1. The molecule has 1 aromatic heterocycles. The summed E-state index contributed by atoms with van der Waals surface area (Å²) in [6, 6.07) is 5.15. The van der Waals surface area contributed by atoms with Gasteiger partial charge in [0.1, 0.15) is 6.61 Å². The summed E-state index contributed by atoms with van der Waals surface area (Å²) in [6.45, 7) is 8.91. The van der Waals surface area contributed by atoms with E-state index in [1.54, 1.807) is 13.8 Å². The molecule has 0 aliphatic rings. The molecule has 0 atom stereocenters. The van der Waals surface area contributed by atoms with E-state index < -0.39 is 11.7 Å². The maximum atomic E-state index is 13.1. The Morgan fingerprint density at radius 1 is 1.07 bits per heavy atom. The molecule has 0 bridgehead atoms. The molecule has 0 saturated heterocycles. The van der Waals surface area contributed by atoms with Gasteiger partial charge in [-0.15, -0.1) is 0 Å². The van der Waals surface area contributed by atoms with Gasteiger partial charge in [0.25, 0.3) is 0 Å². The maximum absolute atomic E-state index is 13.1. The third-order valence-corrected chi connectivity index (χ3v) is 3.89. The minimum atomic E-state index is -4.46. The van der Waals surface area contributed by atoms with Crippen molar-refractivity contribution >= 4 is 11.6 Å². The molecule has 0 saturated carbocycles. The van der Waals surface area contributed by atoms with E-state index in [-0.39, 0.29) is 29.5 Å². The normalized spacial score (nSPS) is 12.0. The highest BCUT2D eigenvalue weighted by molar-refractivity contribution is 5.92. The van der Waals surface area contributed by atoms with Gasteiger partial charge in [0, 0.05) is 12.0 Å². The number of ether oxygens (including phenoxy) is 1. The molecule has 8 heteroatoms. The fraction of sp³-hybridized carbons (Fsp3) is 0.450. The summed E-state index contributed by atoms with van der Waals surface area (Å²) in [5.74, 6) is -0.157. The first-order valence-electron chi connectivity index (χ1n) is 8.80. The molecule has 0 aliphatic heterocycles. The Morgan fingerprint density at radius 3 is 2.18 bits per heavy atom. The van der Waals surface area contributed by atoms with E-state index in [9.17, 15) is 18.0 Å². The Morgan fingerprint density at radius 2 is 1.64 bits per heavy atom. The van der Waals surface area contributed by atoms with Crippen molar-refractivity contribution in [2.45, 2.75) is 53.8 Å². The Kier molecular flexibility index (Phi) is 6.31. The first kappa shape index (κ1) is 21.7. The molecule has 0 radical (unpaired) electrons. The van der Waals surface area contributed by atoms with Crippen LogP contribution in [-0.2, 0) is 17.6 Å². The highest BCUT2D eigenvalue weighted by Crippen LogP contribution is 2.32. The number of amides is 1. The average Bonchev–Trinajstić information content (AvgIpc) is 2.54. The van der Waals surface area contributed by atoms with Crippen LogP contribution in [0.25, 0.3) is 0 Å². The van der Waals surface area contributed by atoms with Gasteiger partial charge < -0.3 is 10.1 Å². The van der Waals surface area contributed by atoms with Gasteiger partial charge in [0.15, 0.2) is 0 Å². The van der Waals surface area contributed by atoms with Crippen LogP contribution in [0.5, 0.6) is 6.01 Å². The molecule has 0 unspecified atom stereocenters. The van der Waals surface area contributed by atoms with Gasteiger partial charge in [0.2, 0.25) is 5.91 Å². The summed E-state index contributed by atoms with van der Waals surface area (Å²) in [4.78, 5) is 20.5. The van der Waals surface area contributed by atoms with Crippen molar-refractivity contribution in [3.63, 3.8) is 0 Å². The Hall–Kier alpha value is -2.64. The number of aryl methyl sites for hydroxylation is 2. The summed E-state index contributed by atoms with van der Waals surface area (Å²) in [5.41, 5.74) is 0.521. The van der Waals surface area contributed by atoms with Crippen LogP contribution in [0.1, 0.15) is 49.7 Å². The second-order valence-electron chi connectivity index (χ2n) is 7.78. The van der Waals surface area contributed by atoms with Crippen molar-refractivity contribution in [2.24, 2.45) is 5.41 Å². The van der Waals surface area contributed by atoms with Crippen LogP contribution in [0, 0.1) is 19.3 Å². The lowest BCUT2D eigenvalue weighted by atomic mass is 9.92. The Bertz CT molecular complexity index is 836. The predicted molar refractivity (Wildman–Crippen MR) is 100.0 cm³/mol. The minimum Gasteiger partial charge on any atom is -0.459 e. The van der Waals surface area contributed by atoms with E-state index in [1.165, 1.54) is 18.2 Å². The van der Waals surface area contributed by atoms with Crippen LogP contribution in [0.15, 0.2) is 24.3 Å². The molecule has 0 aliphatic carbocycles. The molecular weight excluding hydrogens is 371 g/mol. The minimum absolute atomic E-state index is 0.00328. The number of nitrogens with zero attached hydrogens (tertiary/aromatic N) is 2. The van der Waals surface area contributed by atoms with Gasteiger partial charge in [-0.25, -0.2) is 0 Å². The molecule has 2 rings (SSSR count). The van der Waals surface area contributed by atoms with Crippen molar-refractivity contribution in [1.29, 1.82) is 0 Å². The van der Waals surface area contributed by atoms with Gasteiger partial charge in [-0.1, -0.05) is 39.0 Å². The molecule has 152 valence electrons. The van der Waals surface area contributed by atoms with Crippen LogP contribution in [0.3, 0.4) is 0 Å². The van der Waals surface area contributed by atoms with E-state index in [4.69, 9.17) is 4.74 Å². The number of nitrogens with one attached hydrogen (secondary N) is 1. The van der Waals surface area contributed by atoms with Crippen LogP contribution in [0.2, 0.25) is 0 Å². The van der Waals surface area contributed by atoms with Gasteiger partial charge >= 0.3 is 12.2 Å². The topological polar surface area (TPSA) is 64.1 Å². The molecule has 2 aromatic rings. The lowest BCUT2D eigenvalue weighted by Gasteiger charge is -2.18. The molecular formula is C20H24F3N3O2. The molecule has 1 heterocycles. The molecule has 28 heavy (non-hydrogen) atoms. The third-order valence-electron chi connectivity index (χ3n) is 3.89. The lowest BCUT2D eigenvalue weighted by Crippen LogP contribution is -2.21. The Labute approximate surface area is 162 Å². The number of carbonyl (C=O) groups excluding carboxylic acids is 1. The van der Waals surface area contributed by atoms with Crippen LogP contribution >= 0.6 is 0 Å². The first-order valence-corrected chi connectivity index (χ1v) is 8.80. The highest BCUT2D eigenvalue weighted by atomic mass is 19.4. The van der Waals surface area contributed by atoms with E-state index in [0.29, 0.717) is 23.5 Å². The number of rotatable bonds is 5. The number of hydrogen-bond acceptors (Lipinski definition) is 4. The fourth-order valence-corrected chi connectivity index (χ4v) is 2.66. The van der Waals surface area contributed by atoms with Crippen molar-refractivity contribution in [3.05, 3.63) is 46.8 Å². The average molecular weight is 395 g/mol. The summed E-state index contributed by atoms with van der Waals surface area (Å²) >= 11 is 0. The van der Waals surface area contributed by atoms with Crippen molar-refractivity contribution < 1.29 is 22.7 Å². The number of carbonyl (C=O) groups is 1. The number of hydrogen-bond donors (Lipinski definition) is 1. The lowest BCUT2D eigenvalue weighted by molar-refractivity contribution is -0.138. The second kappa shape index (κ2) is 8.16. The van der Waals surface area contributed by atoms with Crippen molar-refractivity contribution in [3.8, 4) is 6.01 Å². The summed E-state index contributed by atoms with van der Waals surface area (Å²) < 4.78 is 44.6. The number of halogens is 3. The van der Waals surface area contributed by atoms with Crippen molar-refractivity contribution in [1.82, 2.24) is 9.97 Å². The molecule has 5 nitrogen and oxygen atoms in total.